The van der Waals surface area contributed by atoms with Crippen LogP contribution in [0.1, 0.15) is 76.9 Å². The molecule has 0 aliphatic rings. The van der Waals surface area contributed by atoms with Gasteiger partial charge in [0.15, 0.2) is 23.2 Å². The first kappa shape index (κ1) is 47.1. The first-order valence-corrected chi connectivity index (χ1v) is 22.9. The molecule has 1 N–H and O–H groups in total. The van der Waals surface area contributed by atoms with E-state index < -0.39 is 39.6 Å². The third-order valence-corrected chi connectivity index (χ3v) is 13.2. The number of nitrogens with zero attached hydrogens (tertiary/aromatic N) is 5. The van der Waals surface area contributed by atoms with Crippen molar-refractivity contribution in [1.82, 2.24) is 28.9 Å². The molecule has 0 aliphatic carbocycles. The van der Waals surface area contributed by atoms with Gasteiger partial charge < -0.3 is 18.9 Å². The summed E-state index contributed by atoms with van der Waals surface area (Å²) >= 11 is 0. The second-order valence-corrected chi connectivity index (χ2v) is 19.0. The van der Waals surface area contributed by atoms with E-state index in [2.05, 4.69) is 24.0 Å². The van der Waals surface area contributed by atoms with Gasteiger partial charge in [-0.1, -0.05) is 63.2 Å². The quantitative estimate of drug-likeness (QED) is 0.0767. The first-order valence-electron chi connectivity index (χ1n) is 21.4. The van der Waals surface area contributed by atoms with Gasteiger partial charge in [0.1, 0.15) is 18.2 Å². The van der Waals surface area contributed by atoms with E-state index in [9.17, 15) is 18.0 Å². The van der Waals surface area contributed by atoms with Crippen molar-refractivity contribution in [2.45, 2.75) is 77.7 Å². The van der Waals surface area contributed by atoms with E-state index in [4.69, 9.17) is 29.0 Å². The lowest BCUT2D eigenvalue weighted by molar-refractivity contribution is -0.147. The van der Waals surface area contributed by atoms with E-state index in [-0.39, 0.29) is 68.2 Å². The van der Waals surface area contributed by atoms with Crippen LogP contribution in [0.3, 0.4) is 0 Å². The largest absolute Gasteiger partial charge is 0.477 e. The Morgan fingerprint density at radius 3 is 2.39 bits per heavy atom. The van der Waals surface area contributed by atoms with Crippen LogP contribution in [0.2, 0.25) is 0 Å². The zero-order valence-electron chi connectivity index (χ0n) is 37.8. The maximum absolute atomic E-state index is 16.3. The third-order valence-electron chi connectivity index (χ3n) is 11.5. The first-order chi connectivity index (χ1) is 31.4. The Balaban J connectivity index is 1.25. The molecule has 346 valence electrons. The number of carbonyl (C=O) groups excluding carboxylic acids is 2. The van der Waals surface area contributed by atoms with Gasteiger partial charge in [0, 0.05) is 43.3 Å². The molecule has 3 heterocycles. The number of aromatic amines is 1. The van der Waals surface area contributed by atoms with E-state index >= 15 is 8.78 Å². The van der Waals surface area contributed by atoms with Crippen molar-refractivity contribution in [2.24, 2.45) is 18.4 Å². The molecular formula is C49H52F2N6O8S. The Kier molecular flexibility index (Phi) is 13.8. The lowest BCUT2D eigenvalue weighted by atomic mass is 9.73. The van der Waals surface area contributed by atoms with Crippen LogP contribution in [0.25, 0.3) is 22.3 Å². The van der Waals surface area contributed by atoms with Crippen LogP contribution in [0.5, 0.6) is 17.4 Å². The van der Waals surface area contributed by atoms with Crippen LogP contribution >= 0.6 is 0 Å². The number of H-pyrrole nitrogens is 1. The minimum atomic E-state index is -4.15. The van der Waals surface area contributed by atoms with E-state index in [1.54, 1.807) is 44.4 Å². The van der Waals surface area contributed by atoms with Crippen molar-refractivity contribution >= 4 is 32.9 Å². The number of esters is 2. The fraction of sp³-hybridized carbons (Fsp3) is 0.327. The number of nitrogens with one attached hydrogen (secondary N) is 1. The third kappa shape index (κ3) is 10.2. The van der Waals surface area contributed by atoms with E-state index in [1.165, 1.54) is 54.2 Å². The molecule has 0 amide bonds. The number of rotatable bonds is 19. The molecule has 0 fully saturated rings. The predicted molar refractivity (Wildman–Crippen MR) is 242 cm³/mol. The van der Waals surface area contributed by atoms with Crippen molar-refractivity contribution < 1.29 is 45.7 Å². The lowest BCUT2D eigenvalue weighted by Gasteiger charge is -2.32. The van der Waals surface area contributed by atoms with Crippen molar-refractivity contribution in [2.75, 3.05) is 13.2 Å². The van der Waals surface area contributed by atoms with Gasteiger partial charge in [0.05, 0.1) is 46.7 Å². The molecule has 7 aromatic rings. The minimum absolute atomic E-state index is 0.00419. The van der Waals surface area contributed by atoms with Crippen molar-refractivity contribution in [3.63, 3.8) is 0 Å². The molecule has 2 atom stereocenters. The minimum Gasteiger partial charge on any atom is -0.477 e. The Bertz CT molecular complexity index is 2970. The van der Waals surface area contributed by atoms with E-state index in [0.717, 1.165) is 21.2 Å². The normalized spacial score (nSPS) is 13.3. The van der Waals surface area contributed by atoms with E-state index in [1.807, 2.05) is 38.1 Å². The van der Waals surface area contributed by atoms with Crippen molar-refractivity contribution in [3.8, 4) is 28.8 Å². The standard InChI is InChI=1S/C49H52F2N6O8S/c1-8-62-46(59)31(2)25-33-13-12-14-34(26-33)49(6,22-21-48(4,5)30-64-43-19-23-52-54-43)47-53-45(56(7)55-47)38-27-35(17-18-40(38)50)65-44-39(29-63-32(3)58)37-20-24-57(42(37)28-41(44)51)66(60,61)36-15-10-9-11-16-36/h9-20,23-24,26-28,31H,8,21-22,25,29-30H2,1-7H3,(H,52,54). The molecule has 7 rings (SSSR count). The maximum atomic E-state index is 16.3. The molecule has 4 aromatic carbocycles. The molecule has 14 nitrogen and oxygen atoms in total. The van der Waals surface area contributed by atoms with Crippen LogP contribution in [0.4, 0.5) is 8.78 Å². The van der Waals surface area contributed by atoms with Gasteiger partial charge in [-0.25, -0.2) is 35.9 Å². The van der Waals surface area contributed by atoms with Crippen molar-refractivity contribution in [1.29, 1.82) is 0 Å². The molecular weight excluding hydrogens is 871 g/mol. The number of aryl methyl sites for hydroxylation is 1. The number of benzene rings is 4. The topological polar surface area (TPSA) is 170 Å². The highest BCUT2D eigenvalue weighted by Gasteiger charge is 2.37. The van der Waals surface area contributed by atoms with Gasteiger partial charge in [0.25, 0.3) is 10.0 Å². The summed E-state index contributed by atoms with van der Waals surface area (Å²) in [5, 5.41) is 11.9. The van der Waals surface area contributed by atoms with Crippen molar-refractivity contribution in [3.05, 3.63) is 138 Å². The van der Waals surface area contributed by atoms with Gasteiger partial charge in [-0.05, 0) is 86.1 Å². The van der Waals surface area contributed by atoms with Crippen LogP contribution < -0.4 is 9.47 Å². The summed E-state index contributed by atoms with van der Waals surface area (Å²) in [6.45, 7) is 11.2. The number of halogens is 2. The Labute approximate surface area is 381 Å². The molecule has 3 aromatic heterocycles. The molecule has 0 bridgehead atoms. The summed E-state index contributed by atoms with van der Waals surface area (Å²) in [5.74, 6) is -2.15. The maximum Gasteiger partial charge on any atom is 0.308 e. The molecule has 66 heavy (non-hydrogen) atoms. The summed E-state index contributed by atoms with van der Waals surface area (Å²) in [5.41, 5.74) is 0.681. The molecule has 17 heteroatoms. The highest BCUT2D eigenvalue weighted by atomic mass is 32.2. The van der Waals surface area contributed by atoms with E-state index in [0.29, 0.717) is 37.6 Å². The summed E-state index contributed by atoms with van der Waals surface area (Å²) < 4.78 is 84.9. The second-order valence-electron chi connectivity index (χ2n) is 17.2. The predicted octanol–water partition coefficient (Wildman–Crippen LogP) is 9.46. The SMILES string of the molecule is CCOC(=O)C(C)Cc1cccc(C(C)(CCC(C)(C)COc2ccn[nH]2)c2nc(-c3cc(Oc4c(F)cc5c(ccn5S(=O)(=O)c5ccccc5)c4COC(C)=O)ccc3F)n(C)n2)c1. The fourth-order valence-electron chi connectivity index (χ4n) is 7.73. The average Bonchev–Trinajstić information content (AvgIpc) is 4.07. The number of hydrogen-bond donors (Lipinski definition) is 1. The zero-order chi connectivity index (χ0) is 47.4. The molecule has 2 unspecified atom stereocenters. The molecule has 0 saturated carbocycles. The van der Waals surface area contributed by atoms with Gasteiger partial charge in [-0.3, -0.25) is 9.59 Å². The summed E-state index contributed by atoms with van der Waals surface area (Å²) in [6.07, 6.45) is 4.55. The number of carbonyl (C=O) groups is 2. The highest BCUT2D eigenvalue weighted by Crippen LogP contribution is 2.42. The lowest BCUT2D eigenvalue weighted by Crippen LogP contribution is -2.30. The van der Waals surface area contributed by atoms with Crippen LogP contribution in [0, 0.1) is 23.0 Å². The summed E-state index contributed by atoms with van der Waals surface area (Å²) in [7, 11) is -2.50. The molecule has 0 spiro atoms. The average molecular weight is 923 g/mol. The van der Waals surface area contributed by atoms with Crippen LogP contribution in [-0.4, -0.2) is 62.5 Å². The van der Waals surface area contributed by atoms with Crippen LogP contribution in [0.15, 0.2) is 108 Å². The molecule has 0 aliphatic heterocycles. The highest BCUT2D eigenvalue weighted by molar-refractivity contribution is 7.90. The number of aromatic nitrogens is 6. The van der Waals surface area contributed by atoms with Gasteiger partial charge in [0.2, 0.25) is 5.88 Å². The van der Waals surface area contributed by atoms with Gasteiger partial charge in [-0.2, -0.15) is 10.2 Å². The monoisotopic (exact) mass is 922 g/mol. The number of ether oxygens (including phenoxy) is 4. The number of hydrogen-bond acceptors (Lipinski definition) is 11. The molecule has 0 radical (unpaired) electrons. The molecule has 0 saturated heterocycles. The summed E-state index contributed by atoms with van der Waals surface area (Å²) in [6, 6.07) is 23.7. The summed E-state index contributed by atoms with van der Waals surface area (Å²) in [4.78, 5) is 29.6. The number of fused-ring (bicyclic) bond motifs is 1. The van der Waals surface area contributed by atoms with Crippen LogP contribution in [-0.2, 0) is 54.6 Å². The Morgan fingerprint density at radius 2 is 1.68 bits per heavy atom. The second kappa shape index (κ2) is 19.3. The fourth-order valence-corrected chi connectivity index (χ4v) is 9.09. The van der Waals surface area contributed by atoms with Gasteiger partial charge >= 0.3 is 11.9 Å². The Morgan fingerprint density at radius 1 is 0.909 bits per heavy atom. The zero-order valence-corrected chi connectivity index (χ0v) is 38.6. The smallest absolute Gasteiger partial charge is 0.308 e. The Hall–Kier alpha value is -6.88. The van der Waals surface area contributed by atoms with Gasteiger partial charge in [-0.15, -0.1) is 0 Å².